The Bertz CT molecular complexity index is 1550. The second-order valence-electron chi connectivity index (χ2n) is 20.3. The number of ether oxygens (including phenoxy) is 1. The molecule has 1 aliphatic heterocycles. The summed E-state index contributed by atoms with van der Waals surface area (Å²) in [7, 11) is 0. The Morgan fingerprint density at radius 2 is 1.07 bits per heavy atom. The molecule has 0 bridgehead atoms. The summed E-state index contributed by atoms with van der Waals surface area (Å²) < 4.78 is 4.94. The van der Waals surface area contributed by atoms with Crippen LogP contribution < -0.4 is 0 Å². The molecule has 1 saturated heterocycles. The maximum absolute atomic E-state index is 12.9. The zero-order chi connectivity index (χ0) is 40.3. The summed E-state index contributed by atoms with van der Waals surface area (Å²) in [4.78, 5) is 12.9. The first-order chi connectivity index (χ1) is 25.8. The van der Waals surface area contributed by atoms with Gasteiger partial charge in [0.15, 0.2) is 5.78 Å². The van der Waals surface area contributed by atoms with Crippen LogP contribution in [0.1, 0.15) is 167 Å². The number of carbonyl (C=O) groups excluding carboxylic acids is 1. The van der Waals surface area contributed by atoms with Crippen LogP contribution in [0.2, 0.25) is 0 Å². The maximum Gasteiger partial charge on any atom is 0.163 e. The molecule has 1 unspecified atom stereocenters. The Labute approximate surface area is 332 Å². The molecular weight excluding hydrogens is 689 g/mol. The molecule has 7 rings (SSSR count). The first-order valence-corrected chi connectivity index (χ1v) is 21.6. The number of rotatable bonds is 6. The van der Waals surface area contributed by atoms with Gasteiger partial charge < -0.3 is 30.3 Å². The van der Waals surface area contributed by atoms with Crippen LogP contribution in [0.4, 0.5) is 0 Å². The standard InChI is InChI=1S/C22H34O3.C22H32O3.C4H8O/c2*1-14-6-7-20-21(2,3)8-5-9-22(20,4)18(14)13-19(25)15-10-16(23)12-17(24)11-15;1-2-4-5-3-1/h10-12,14,18-20,23-25H,5-9,13H2,1-4H3;10-12,14,18,20,23-24H,5-9,13H2,1-4H3;1-4H2/t14-,18-,19?,20-,22+;14-,18-,20-,22+;/m00./s1. The third kappa shape index (κ3) is 9.86. The van der Waals surface area contributed by atoms with Gasteiger partial charge in [-0.15, -0.1) is 0 Å². The van der Waals surface area contributed by atoms with Crippen molar-refractivity contribution in [2.24, 2.45) is 57.2 Å². The number of phenolic OH excluding ortho intramolecular Hbond substituents is 4. The van der Waals surface area contributed by atoms with Crippen LogP contribution in [-0.4, -0.2) is 44.5 Å². The zero-order valence-corrected chi connectivity index (χ0v) is 35.4. The van der Waals surface area contributed by atoms with E-state index in [9.17, 15) is 30.3 Å². The molecule has 1 heterocycles. The predicted octanol–water partition coefficient (Wildman–Crippen LogP) is 11.7. The number of ketones is 1. The predicted molar refractivity (Wildman–Crippen MR) is 220 cm³/mol. The van der Waals surface area contributed by atoms with Gasteiger partial charge >= 0.3 is 0 Å². The van der Waals surface area contributed by atoms with Gasteiger partial charge in [0.05, 0.1) is 6.10 Å². The van der Waals surface area contributed by atoms with E-state index in [-0.39, 0.29) is 39.6 Å². The molecule has 0 radical (unpaired) electrons. The SMILES string of the molecule is C1CCOC1.C[C@H]1CC[C@H]2C(C)(C)CCC[C@]2(C)[C@H]1CC(=O)c1cc(O)cc(O)c1.C[C@H]1CC[C@H]2C(C)(C)CCC[C@]2(C)[C@H]1CC(O)c1cc(O)cc(O)c1. The van der Waals surface area contributed by atoms with Gasteiger partial charge in [-0.25, -0.2) is 0 Å². The van der Waals surface area contributed by atoms with E-state index in [1.165, 1.54) is 101 Å². The number of aliphatic hydroxyl groups excluding tert-OH is 1. The highest BCUT2D eigenvalue weighted by Crippen LogP contribution is 2.63. The molecule has 2 aromatic carbocycles. The van der Waals surface area contributed by atoms with Gasteiger partial charge in [-0.3, -0.25) is 4.79 Å². The summed E-state index contributed by atoms with van der Waals surface area (Å²) in [5, 5.41) is 49.7. The Morgan fingerprint density at radius 3 is 1.53 bits per heavy atom. The van der Waals surface area contributed by atoms with Gasteiger partial charge in [0, 0.05) is 37.3 Å². The second kappa shape index (κ2) is 17.4. The van der Waals surface area contributed by atoms with Gasteiger partial charge in [-0.2, -0.15) is 0 Å². The minimum atomic E-state index is -0.647. The van der Waals surface area contributed by atoms with Crippen LogP contribution >= 0.6 is 0 Å². The summed E-state index contributed by atoms with van der Waals surface area (Å²) in [6.07, 6.45) is 15.6. The highest BCUT2D eigenvalue weighted by atomic mass is 16.5. The highest BCUT2D eigenvalue weighted by molar-refractivity contribution is 5.97. The van der Waals surface area contributed by atoms with Crippen molar-refractivity contribution in [2.45, 2.75) is 151 Å². The number of phenols is 4. The molecule has 5 N–H and O–H groups in total. The Hall–Kier alpha value is -2.77. The minimum absolute atomic E-state index is 0.00799. The number of hydrogen-bond acceptors (Lipinski definition) is 7. The lowest BCUT2D eigenvalue weighted by atomic mass is 9.46. The average molecular weight is 763 g/mol. The molecule has 9 atom stereocenters. The van der Waals surface area contributed by atoms with E-state index in [0.717, 1.165) is 13.2 Å². The average Bonchev–Trinajstić information content (AvgIpc) is 3.67. The van der Waals surface area contributed by atoms with E-state index in [1.54, 1.807) is 12.1 Å². The summed E-state index contributed by atoms with van der Waals surface area (Å²) in [5.41, 5.74) is 2.22. The van der Waals surface area contributed by atoms with Crippen molar-refractivity contribution in [2.75, 3.05) is 13.2 Å². The summed E-state index contributed by atoms with van der Waals surface area (Å²) in [5.74, 6) is 3.27. The van der Waals surface area contributed by atoms with Gasteiger partial charge in [-0.1, -0.05) is 81.1 Å². The molecule has 308 valence electrons. The molecule has 5 fully saturated rings. The van der Waals surface area contributed by atoms with Crippen molar-refractivity contribution in [1.82, 2.24) is 0 Å². The Balaban J connectivity index is 0.000000187. The fraction of sp³-hybridized carbons (Fsp3) is 0.729. The summed E-state index contributed by atoms with van der Waals surface area (Å²) in [6, 6.07) is 8.66. The van der Waals surface area contributed by atoms with Crippen LogP contribution in [-0.2, 0) is 4.74 Å². The Morgan fingerprint density at radius 1 is 0.636 bits per heavy atom. The van der Waals surface area contributed by atoms with Crippen molar-refractivity contribution >= 4 is 5.78 Å². The lowest BCUT2D eigenvalue weighted by Crippen LogP contribution is -2.51. The minimum Gasteiger partial charge on any atom is -0.508 e. The molecule has 2 aromatic rings. The number of carbonyl (C=O) groups is 1. The first-order valence-electron chi connectivity index (χ1n) is 21.6. The monoisotopic (exact) mass is 763 g/mol. The number of aromatic hydroxyl groups is 4. The molecule has 4 saturated carbocycles. The highest BCUT2D eigenvalue weighted by Gasteiger charge is 2.55. The topological polar surface area (TPSA) is 127 Å². The van der Waals surface area contributed by atoms with E-state index in [4.69, 9.17) is 4.74 Å². The van der Waals surface area contributed by atoms with Crippen LogP contribution in [0.15, 0.2) is 36.4 Å². The summed E-state index contributed by atoms with van der Waals surface area (Å²) in [6.45, 7) is 21.1. The first kappa shape index (κ1) is 43.4. The van der Waals surface area contributed by atoms with E-state index in [2.05, 4.69) is 55.4 Å². The fourth-order valence-corrected chi connectivity index (χ4v) is 12.9. The normalized spacial score (nSPS) is 34.1. The lowest BCUT2D eigenvalue weighted by molar-refractivity contribution is -0.106. The van der Waals surface area contributed by atoms with Crippen molar-refractivity contribution < 1.29 is 35.1 Å². The lowest BCUT2D eigenvalue weighted by Gasteiger charge is -2.59. The molecular formula is C48H74O7. The fourth-order valence-electron chi connectivity index (χ4n) is 12.9. The van der Waals surface area contributed by atoms with Gasteiger partial charge in [0.25, 0.3) is 0 Å². The molecule has 7 nitrogen and oxygen atoms in total. The molecule has 55 heavy (non-hydrogen) atoms. The third-order valence-electron chi connectivity index (χ3n) is 15.7. The van der Waals surface area contributed by atoms with Gasteiger partial charge in [0.2, 0.25) is 0 Å². The number of aliphatic hydroxyl groups is 1. The second-order valence-corrected chi connectivity index (χ2v) is 20.3. The molecule has 0 amide bonds. The molecule has 5 aliphatic rings. The number of hydrogen-bond donors (Lipinski definition) is 5. The van der Waals surface area contributed by atoms with Crippen molar-refractivity contribution in [3.05, 3.63) is 47.5 Å². The summed E-state index contributed by atoms with van der Waals surface area (Å²) >= 11 is 0. The van der Waals surface area contributed by atoms with E-state index in [1.807, 2.05) is 0 Å². The van der Waals surface area contributed by atoms with Crippen LogP contribution in [0.25, 0.3) is 0 Å². The number of Topliss-reactive ketones (excluding diaryl/α,β-unsaturated/α-hetero) is 1. The third-order valence-corrected chi connectivity index (χ3v) is 15.7. The molecule has 0 spiro atoms. The van der Waals surface area contributed by atoms with Gasteiger partial charge in [-0.05, 0) is 145 Å². The van der Waals surface area contributed by atoms with Crippen LogP contribution in [0.3, 0.4) is 0 Å². The Kier molecular flexibility index (Phi) is 13.7. The van der Waals surface area contributed by atoms with Crippen molar-refractivity contribution in [3.63, 3.8) is 0 Å². The van der Waals surface area contributed by atoms with Crippen LogP contribution in [0, 0.1) is 57.2 Å². The quantitative estimate of drug-likeness (QED) is 0.185. The van der Waals surface area contributed by atoms with E-state index >= 15 is 0 Å². The number of fused-ring (bicyclic) bond motifs is 2. The molecule has 7 heteroatoms. The smallest absolute Gasteiger partial charge is 0.163 e. The van der Waals surface area contributed by atoms with Crippen molar-refractivity contribution in [1.29, 1.82) is 0 Å². The van der Waals surface area contributed by atoms with E-state index in [0.29, 0.717) is 70.3 Å². The van der Waals surface area contributed by atoms with Gasteiger partial charge in [0.1, 0.15) is 23.0 Å². The van der Waals surface area contributed by atoms with Crippen molar-refractivity contribution in [3.8, 4) is 23.0 Å². The molecule has 0 aromatic heterocycles. The number of benzene rings is 2. The molecule has 4 aliphatic carbocycles. The zero-order valence-electron chi connectivity index (χ0n) is 35.4. The maximum atomic E-state index is 12.9. The van der Waals surface area contributed by atoms with Crippen LogP contribution in [0.5, 0.6) is 23.0 Å². The largest absolute Gasteiger partial charge is 0.508 e. The van der Waals surface area contributed by atoms with E-state index < -0.39 is 6.10 Å².